The van der Waals surface area contributed by atoms with Gasteiger partial charge in [-0.3, -0.25) is 0 Å². The molecule has 3 nitrogen and oxygen atoms in total. The molecule has 4 heteroatoms. The zero-order valence-corrected chi connectivity index (χ0v) is 15.4. The van der Waals surface area contributed by atoms with Crippen LogP contribution in [0, 0.1) is 0 Å². The smallest absolute Gasteiger partial charge is 0.203 e. The van der Waals surface area contributed by atoms with Gasteiger partial charge in [0.25, 0.3) is 0 Å². The van der Waals surface area contributed by atoms with Crippen molar-refractivity contribution in [2.75, 3.05) is 11.5 Å². The van der Waals surface area contributed by atoms with E-state index in [-0.39, 0.29) is 6.10 Å². The van der Waals surface area contributed by atoms with Gasteiger partial charge in [0.1, 0.15) is 6.10 Å². The lowest BCUT2D eigenvalue weighted by Crippen LogP contribution is -2.55. The fourth-order valence-corrected chi connectivity index (χ4v) is 5.25. The quantitative estimate of drug-likeness (QED) is 0.704. The molecule has 2 atom stereocenters. The van der Waals surface area contributed by atoms with Gasteiger partial charge in [-0.15, -0.1) is 0 Å². The molecule has 0 unspecified atom stereocenters. The predicted octanol–water partition coefficient (Wildman–Crippen LogP) is 4.94. The Balaban J connectivity index is 1.54. The fourth-order valence-electron chi connectivity index (χ4n) is 4.14. The van der Waals surface area contributed by atoms with Crippen molar-refractivity contribution in [1.82, 2.24) is 0 Å². The Bertz CT molecular complexity index is 799. The van der Waals surface area contributed by atoms with Gasteiger partial charge in [-0.2, -0.15) is 16.6 Å². The topological polar surface area (TPSA) is 27.7 Å². The van der Waals surface area contributed by atoms with E-state index in [0.717, 1.165) is 36.3 Å². The van der Waals surface area contributed by atoms with Crippen LogP contribution in [0.4, 0.5) is 0 Å². The van der Waals surface area contributed by atoms with Crippen LogP contribution in [-0.2, 0) is 20.1 Å². The molecule has 134 valence electrons. The van der Waals surface area contributed by atoms with Gasteiger partial charge in [0.15, 0.2) is 5.60 Å². The largest absolute Gasteiger partial charge is 0.336 e. The first-order chi connectivity index (χ1) is 12.8. The molecule has 26 heavy (non-hydrogen) atoms. The number of benzene rings is 2. The highest BCUT2D eigenvalue weighted by atomic mass is 32.2. The molecular formula is C22H22O3S. The molecule has 2 aliphatic heterocycles. The monoisotopic (exact) mass is 366 g/mol. The maximum Gasteiger partial charge on any atom is 0.203 e. The molecule has 2 fully saturated rings. The van der Waals surface area contributed by atoms with Crippen LogP contribution in [0.3, 0.4) is 0 Å². The number of thioether (sulfide) groups is 1. The van der Waals surface area contributed by atoms with Gasteiger partial charge in [-0.25, -0.2) is 4.89 Å². The van der Waals surface area contributed by atoms with Crippen molar-refractivity contribution in [2.24, 2.45) is 0 Å². The van der Waals surface area contributed by atoms with E-state index in [4.69, 9.17) is 14.5 Å². The van der Waals surface area contributed by atoms with Crippen molar-refractivity contribution in [3.05, 3.63) is 77.9 Å². The molecule has 0 bridgehead atoms. The zero-order chi connectivity index (χ0) is 17.5. The molecule has 2 aromatic carbocycles. The van der Waals surface area contributed by atoms with Crippen molar-refractivity contribution in [2.45, 2.75) is 36.8 Å². The average molecular weight is 366 g/mol. The average Bonchev–Trinajstić information content (AvgIpc) is 3.10. The third-order valence-electron chi connectivity index (χ3n) is 5.61. The predicted molar refractivity (Wildman–Crippen MR) is 103 cm³/mol. The van der Waals surface area contributed by atoms with E-state index in [9.17, 15) is 0 Å². The van der Waals surface area contributed by atoms with Crippen molar-refractivity contribution in [3.8, 4) is 0 Å². The summed E-state index contributed by atoms with van der Waals surface area (Å²) in [5.74, 6) is 1.49. The zero-order valence-electron chi connectivity index (χ0n) is 14.6. The lowest BCUT2D eigenvalue weighted by molar-refractivity contribution is -0.527. The summed E-state index contributed by atoms with van der Waals surface area (Å²) in [6, 6.07) is 20.8. The normalized spacial score (nSPS) is 30.0. The van der Waals surface area contributed by atoms with Crippen LogP contribution < -0.4 is 0 Å². The SMILES string of the molecule is C1=C(c2ccccc2)C[C@@]2(c3ccccc3)OOC3(CCSCC3)O[C@@H]12. The second kappa shape index (κ2) is 6.54. The van der Waals surface area contributed by atoms with E-state index < -0.39 is 11.4 Å². The summed E-state index contributed by atoms with van der Waals surface area (Å²) in [6.07, 6.45) is 4.59. The molecule has 1 spiro atoms. The van der Waals surface area contributed by atoms with Crippen LogP contribution in [0.2, 0.25) is 0 Å². The molecule has 2 heterocycles. The number of hydrogen-bond acceptors (Lipinski definition) is 4. The van der Waals surface area contributed by atoms with Crippen LogP contribution in [0.1, 0.15) is 30.4 Å². The minimum atomic E-state index is -0.609. The van der Waals surface area contributed by atoms with Crippen LogP contribution in [-0.4, -0.2) is 23.4 Å². The minimum absolute atomic E-state index is 0.142. The summed E-state index contributed by atoms with van der Waals surface area (Å²) in [7, 11) is 0. The molecule has 5 rings (SSSR count). The van der Waals surface area contributed by atoms with Crippen molar-refractivity contribution in [1.29, 1.82) is 0 Å². The molecule has 0 amide bonds. The number of rotatable bonds is 2. The maximum absolute atomic E-state index is 6.61. The highest BCUT2D eigenvalue weighted by Gasteiger charge is 2.56. The molecule has 1 aliphatic carbocycles. The van der Waals surface area contributed by atoms with E-state index in [0.29, 0.717) is 0 Å². The van der Waals surface area contributed by atoms with Gasteiger partial charge in [-0.05, 0) is 34.3 Å². The molecule has 0 N–H and O–H groups in total. The molecule has 2 saturated heterocycles. The lowest BCUT2D eigenvalue weighted by Gasteiger charge is -2.48. The first kappa shape index (κ1) is 16.6. The first-order valence-electron chi connectivity index (χ1n) is 9.24. The number of fused-ring (bicyclic) bond motifs is 1. The van der Waals surface area contributed by atoms with Crippen molar-refractivity contribution < 1.29 is 14.5 Å². The molecule has 0 saturated carbocycles. The summed E-state index contributed by atoms with van der Waals surface area (Å²) in [5.41, 5.74) is 2.97. The van der Waals surface area contributed by atoms with Gasteiger partial charge < -0.3 is 4.74 Å². The van der Waals surface area contributed by atoms with E-state index in [1.807, 2.05) is 36.0 Å². The summed E-state index contributed by atoms with van der Waals surface area (Å²) in [4.78, 5) is 12.2. The van der Waals surface area contributed by atoms with Gasteiger partial charge in [-0.1, -0.05) is 60.7 Å². The first-order valence-corrected chi connectivity index (χ1v) is 10.4. The van der Waals surface area contributed by atoms with Crippen LogP contribution in [0.5, 0.6) is 0 Å². The standard InChI is InChI=1S/C22H22O3S/c1-3-7-17(8-4-1)18-15-20-22(16-18,19-9-5-2-6-10-19)25-24-21(23-20)11-13-26-14-12-21/h1-10,15,20H,11-14,16H2/t20-,22-/m0/s1. The van der Waals surface area contributed by atoms with E-state index in [1.54, 1.807) is 0 Å². The molecule has 3 aliphatic rings. The number of ether oxygens (including phenoxy) is 1. The Morgan fingerprint density at radius 1 is 0.846 bits per heavy atom. The summed E-state index contributed by atoms with van der Waals surface area (Å²) in [6.45, 7) is 0. The van der Waals surface area contributed by atoms with Gasteiger partial charge in [0.2, 0.25) is 5.79 Å². The molecule has 0 radical (unpaired) electrons. The maximum atomic E-state index is 6.61. The fraction of sp³-hybridized carbons (Fsp3) is 0.364. The highest BCUT2D eigenvalue weighted by molar-refractivity contribution is 7.99. The van der Waals surface area contributed by atoms with Gasteiger partial charge in [0.05, 0.1) is 0 Å². The Morgan fingerprint density at radius 2 is 1.54 bits per heavy atom. The third-order valence-corrected chi connectivity index (χ3v) is 6.60. The summed E-state index contributed by atoms with van der Waals surface area (Å²) >= 11 is 1.95. The van der Waals surface area contributed by atoms with Crippen LogP contribution in [0.15, 0.2) is 66.7 Å². The highest BCUT2D eigenvalue weighted by Crippen LogP contribution is 2.52. The Labute approximate surface area is 158 Å². The second-order valence-electron chi connectivity index (χ2n) is 7.22. The van der Waals surface area contributed by atoms with Gasteiger partial charge in [0, 0.05) is 19.3 Å². The minimum Gasteiger partial charge on any atom is -0.336 e. The number of hydrogen-bond donors (Lipinski definition) is 0. The second-order valence-corrected chi connectivity index (χ2v) is 8.44. The Hall–Kier alpha value is -1.59. The Morgan fingerprint density at radius 3 is 2.27 bits per heavy atom. The van der Waals surface area contributed by atoms with Gasteiger partial charge >= 0.3 is 0 Å². The van der Waals surface area contributed by atoms with Crippen molar-refractivity contribution >= 4 is 17.3 Å². The molecular weight excluding hydrogens is 344 g/mol. The molecule has 0 aromatic heterocycles. The van der Waals surface area contributed by atoms with E-state index in [2.05, 4.69) is 42.5 Å². The van der Waals surface area contributed by atoms with E-state index >= 15 is 0 Å². The summed E-state index contributed by atoms with van der Waals surface area (Å²) < 4.78 is 6.61. The lowest BCUT2D eigenvalue weighted by atomic mass is 9.87. The third kappa shape index (κ3) is 2.72. The Kier molecular flexibility index (Phi) is 4.17. The van der Waals surface area contributed by atoms with E-state index in [1.165, 1.54) is 11.1 Å². The van der Waals surface area contributed by atoms with Crippen LogP contribution >= 0.6 is 11.8 Å². The molecule has 2 aromatic rings. The summed E-state index contributed by atoms with van der Waals surface area (Å²) in [5, 5.41) is 0. The van der Waals surface area contributed by atoms with Crippen LogP contribution in [0.25, 0.3) is 5.57 Å². The van der Waals surface area contributed by atoms with Crippen molar-refractivity contribution in [3.63, 3.8) is 0 Å².